The van der Waals surface area contributed by atoms with Crippen molar-refractivity contribution in [3.8, 4) is 0 Å². The topological polar surface area (TPSA) is 70.2 Å². The molecule has 1 aliphatic rings. The van der Waals surface area contributed by atoms with Crippen LogP contribution in [0.15, 0.2) is 54.6 Å². The summed E-state index contributed by atoms with van der Waals surface area (Å²) in [6, 6.07) is 16.8. The van der Waals surface area contributed by atoms with Crippen molar-refractivity contribution in [2.45, 2.75) is 45.2 Å². The highest BCUT2D eigenvalue weighted by Gasteiger charge is 2.33. The summed E-state index contributed by atoms with van der Waals surface area (Å²) >= 11 is 0. The van der Waals surface area contributed by atoms with E-state index in [1.807, 2.05) is 51.1 Å². The summed E-state index contributed by atoms with van der Waals surface area (Å²) in [7, 11) is 0. The zero-order valence-corrected chi connectivity index (χ0v) is 16.1. The molecule has 27 heavy (non-hydrogen) atoms. The summed E-state index contributed by atoms with van der Waals surface area (Å²) in [5.41, 5.74) is 2.06. The largest absolute Gasteiger partial charge is 0.347 e. The van der Waals surface area contributed by atoms with Crippen molar-refractivity contribution in [1.82, 2.24) is 10.6 Å². The molecule has 2 aromatic carbocycles. The van der Waals surface area contributed by atoms with Crippen LogP contribution in [0.25, 0.3) is 0 Å². The maximum absolute atomic E-state index is 12.4. The molecule has 0 aliphatic heterocycles. The van der Waals surface area contributed by atoms with Gasteiger partial charge >= 0.3 is 6.03 Å². The van der Waals surface area contributed by atoms with Crippen molar-refractivity contribution in [3.63, 3.8) is 0 Å². The van der Waals surface area contributed by atoms with Crippen LogP contribution in [-0.2, 0) is 0 Å². The molecule has 3 rings (SSSR count). The fourth-order valence-electron chi connectivity index (χ4n) is 2.99. The van der Waals surface area contributed by atoms with Gasteiger partial charge in [0.15, 0.2) is 0 Å². The zero-order valence-electron chi connectivity index (χ0n) is 16.1. The van der Waals surface area contributed by atoms with Crippen LogP contribution in [-0.4, -0.2) is 17.5 Å². The molecule has 3 N–H and O–H groups in total. The second-order valence-corrected chi connectivity index (χ2v) is 8.11. The molecule has 5 heteroatoms. The van der Waals surface area contributed by atoms with E-state index < -0.39 is 0 Å². The van der Waals surface area contributed by atoms with Crippen molar-refractivity contribution in [2.75, 3.05) is 5.32 Å². The van der Waals surface area contributed by atoms with Gasteiger partial charge in [-0.2, -0.15) is 0 Å². The van der Waals surface area contributed by atoms with E-state index in [1.54, 1.807) is 24.3 Å². The number of carbonyl (C=O) groups excluding carboxylic acids is 2. The molecule has 1 saturated carbocycles. The minimum absolute atomic E-state index is 0.0306. The number of benzene rings is 2. The number of urea groups is 1. The molecular formula is C22H27N3O2. The second-order valence-electron chi connectivity index (χ2n) is 8.11. The maximum Gasteiger partial charge on any atom is 0.319 e. The first-order valence-corrected chi connectivity index (χ1v) is 9.37. The van der Waals surface area contributed by atoms with E-state index in [4.69, 9.17) is 0 Å². The van der Waals surface area contributed by atoms with E-state index in [0.717, 1.165) is 18.4 Å². The first kappa shape index (κ1) is 19.0. The van der Waals surface area contributed by atoms with Crippen LogP contribution in [0.4, 0.5) is 10.5 Å². The molecular weight excluding hydrogens is 338 g/mol. The molecule has 1 unspecified atom stereocenters. The third-order valence-electron chi connectivity index (χ3n) is 4.43. The lowest BCUT2D eigenvalue weighted by atomic mass is 10.0. The van der Waals surface area contributed by atoms with Gasteiger partial charge in [0.25, 0.3) is 5.91 Å². The third-order valence-corrected chi connectivity index (χ3v) is 4.43. The summed E-state index contributed by atoms with van der Waals surface area (Å²) in [4.78, 5) is 24.6. The van der Waals surface area contributed by atoms with Crippen LogP contribution < -0.4 is 16.0 Å². The number of nitrogens with one attached hydrogen (secondary N) is 3. The molecule has 1 atom stereocenters. The lowest BCUT2D eigenvalue weighted by Crippen LogP contribution is -2.40. The van der Waals surface area contributed by atoms with Gasteiger partial charge in [-0.25, -0.2) is 4.79 Å². The number of anilines is 1. The fraction of sp³-hybridized carbons (Fsp3) is 0.364. The molecule has 142 valence electrons. The SMILES string of the molecule is CC(C)(C)NC(=O)c1ccc(NC(=O)NC(c2ccccc2)C2CC2)cc1. The fourth-order valence-corrected chi connectivity index (χ4v) is 2.99. The first-order chi connectivity index (χ1) is 12.8. The molecule has 2 aromatic rings. The van der Waals surface area contributed by atoms with Crippen LogP contribution in [0, 0.1) is 5.92 Å². The average Bonchev–Trinajstić information content (AvgIpc) is 3.44. The molecule has 0 aromatic heterocycles. The predicted octanol–water partition coefficient (Wildman–Crippen LogP) is 4.49. The standard InChI is InChI=1S/C22H27N3O2/c1-22(2,3)25-20(26)17-11-13-18(14-12-17)23-21(27)24-19(16-9-10-16)15-7-5-4-6-8-15/h4-8,11-14,16,19H,9-10H2,1-3H3,(H,25,26)(H2,23,24,27). The third kappa shape index (κ3) is 5.58. The Bertz CT molecular complexity index is 791. The lowest BCUT2D eigenvalue weighted by Gasteiger charge is -2.21. The molecule has 3 amide bonds. The van der Waals surface area contributed by atoms with E-state index >= 15 is 0 Å². The smallest absolute Gasteiger partial charge is 0.319 e. The second kappa shape index (κ2) is 7.82. The Balaban J connectivity index is 1.60. The van der Waals surface area contributed by atoms with E-state index in [1.165, 1.54) is 0 Å². The predicted molar refractivity (Wildman–Crippen MR) is 108 cm³/mol. The molecule has 0 spiro atoms. The van der Waals surface area contributed by atoms with E-state index in [9.17, 15) is 9.59 Å². The Hall–Kier alpha value is -2.82. The minimum Gasteiger partial charge on any atom is -0.347 e. The van der Waals surface area contributed by atoms with E-state index in [-0.39, 0.29) is 23.5 Å². The van der Waals surface area contributed by atoms with Crippen LogP contribution in [0.3, 0.4) is 0 Å². The lowest BCUT2D eigenvalue weighted by molar-refractivity contribution is 0.0919. The van der Waals surface area contributed by atoms with E-state index in [0.29, 0.717) is 17.2 Å². The number of rotatable bonds is 5. The Morgan fingerprint density at radius 1 is 0.963 bits per heavy atom. The Morgan fingerprint density at radius 2 is 1.59 bits per heavy atom. The molecule has 1 fully saturated rings. The molecule has 0 saturated heterocycles. The van der Waals surface area contributed by atoms with Crippen LogP contribution in [0.2, 0.25) is 0 Å². The van der Waals surface area contributed by atoms with Gasteiger partial charge in [-0.3, -0.25) is 4.79 Å². The average molecular weight is 365 g/mol. The monoisotopic (exact) mass is 365 g/mol. The molecule has 0 heterocycles. The van der Waals surface area contributed by atoms with Gasteiger partial charge in [0.05, 0.1) is 6.04 Å². The van der Waals surface area contributed by atoms with Gasteiger partial charge < -0.3 is 16.0 Å². The van der Waals surface area contributed by atoms with Crippen molar-refractivity contribution in [1.29, 1.82) is 0 Å². The van der Waals surface area contributed by atoms with Gasteiger partial charge in [0.1, 0.15) is 0 Å². The number of carbonyl (C=O) groups is 2. The molecule has 0 radical (unpaired) electrons. The quantitative estimate of drug-likeness (QED) is 0.731. The van der Waals surface area contributed by atoms with Crippen LogP contribution in [0.1, 0.15) is 55.6 Å². The first-order valence-electron chi connectivity index (χ1n) is 9.37. The number of amides is 3. The Kier molecular flexibility index (Phi) is 5.49. The van der Waals surface area contributed by atoms with Crippen molar-refractivity contribution in [2.24, 2.45) is 5.92 Å². The van der Waals surface area contributed by atoms with Crippen molar-refractivity contribution >= 4 is 17.6 Å². The molecule has 0 bridgehead atoms. The molecule has 1 aliphatic carbocycles. The highest BCUT2D eigenvalue weighted by atomic mass is 16.2. The van der Waals surface area contributed by atoms with Gasteiger partial charge in [0, 0.05) is 16.8 Å². The maximum atomic E-state index is 12.4. The highest BCUT2D eigenvalue weighted by molar-refractivity contribution is 5.96. The van der Waals surface area contributed by atoms with Crippen molar-refractivity contribution < 1.29 is 9.59 Å². The van der Waals surface area contributed by atoms with E-state index in [2.05, 4.69) is 16.0 Å². The number of hydrogen-bond donors (Lipinski definition) is 3. The zero-order chi connectivity index (χ0) is 19.4. The summed E-state index contributed by atoms with van der Waals surface area (Å²) < 4.78 is 0. The minimum atomic E-state index is -0.289. The number of hydrogen-bond acceptors (Lipinski definition) is 2. The van der Waals surface area contributed by atoms with Gasteiger partial charge in [0.2, 0.25) is 0 Å². The highest BCUT2D eigenvalue weighted by Crippen LogP contribution is 2.40. The van der Waals surface area contributed by atoms with Gasteiger partial charge in [-0.1, -0.05) is 30.3 Å². The van der Waals surface area contributed by atoms with Crippen LogP contribution >= 0.6 is 0 Å². The normalized spacial score (nSPS) is 14.9. The van der Waals surface area contributed by atoms with Gasteiger partial charge in [-0.05, 0) is 69.4 Å². The van der Waals surface area contributed by atoms with Crippen LogP contribution in [0.5, 0.6) is 0 Å². The summed E-state index contributed by atoms with van der Waals surface area (Å²) in [6.07, 6.45) is 2.27. The van der Waals surface area contributed by atoms with Gasteiger partial charge in [-0.15, -0.1) is 0 Å². The Morgan fingerprint density at radius 3 is 2.15 bits per heavy atom. The molecule has 5 nitrogen and oxygen atoms in total. The summed E-state index contributed by atoms with van der Waals surface area (Å²) in [6.45, 7) is 5.82. The summed E-state index contributed by atoms with van der Waals surface area (Å²) in [5, 5.41) is 8.86. The van der Waals surface area contributed by atoms with Crippen molar-refractivity contribution in [3.05, 3.63) is 65.7 Å². The summed E-state index contributed by atoms with van der Waals surface area (Å²) in [5.74, 6) is 0.373. The Labute approximate surface area is 160 Å².